The molecular formula is C25H40F2O2. The van der Waals surface area contributed by atoms with Gasteiger partial charge >= 0.3 is 5.97 Å². The SMILES string of the molecule is CCCCCCCCCCCCCCCCCOC(=O)c1c(F)ccc(C)c1F. The lowest BCUT2D eigenvalue weighted by molar-refractivity contribution is 0.0486. The molecule has 0 spiro atoms. The standard InChI is InChI=1S/C25H40F2O2/c1-3-4-5-6-7-8-9-10-11-12-13-14-15-16-17-20-29-25(28)23-22(26)19-18-21(2)24(23)27/h18-19H,3-17,20H2,1-2H3. The van der Waals surface area contributed by atoms with Crippen molar-refractivity contribution in [3.63, 3.8) is 0 Å². The summed E-state index contributed by atoms with van der Waals surface area (Å²) in [4.78, 5) is 11.9. The molecule has 2 nitrogen and oxygen atoms in total. The molecule has 0 N–H and O–H groups in total. The van der Waals surface area contributed by atoms with Gasteiger partial charge in [-0.1, -0.05) is 103 Å². The number of unbranched alkanes of at least 4 members (excludes halogenated alkanes) is 14. The highest BCUT2D eigenvalue weighted by molar-refractivity contribution is 5.90. The summed E-state index contributed by atoms with van der Waals surface area (Å²) >= 11 is 0. The van der Waals surface area contributed by atoms with Gasteiger partial charge in [0.05, 0.1) is 6.61 Å². The maximum Gasteiger partial charge on any atom is 0.344 e. The molecule has 4 heteroatoms. The molecule has 0 amide bonds. The van der Waals surface area contributed by atoms with Crippen LogP contribution in [0.3, 0.4) is 0 Å². The van der Waals surface area contributed by atoms with Crippen LogP contribution < -0.4 is 0 Å². The summed E-state index contributed by atoms with van der Waals surface area (Å²) in [6.07, 6.45) is 18.9. The second-order valence-electron chi connectivity index (χ2n) is 8.14. The van der Waals surface area contributed by atoms with Crippen molar-refractivity contribution < 1.29 is 18.3 Å². The zero-order valence-corrected chi connectivity index (χ0v) is 18.5. The fraction of sp³-hybridized carbons (Fsp3) is 0.720. The number of esters is 1. The molecule has 0 fully saturated rings. The van der Waals surface area contributed by atoms with E-state index in [-0.39, 0.29) is 12.2 Å². The largest absolute Gasteiger partial charge is 0.462 e. The van der Waals surface area contributed by atoms with E-state index < -0.39 is 23.2 Å². The highest BCUT2D eigenvalue weighted by atomic mass is 19.1. The van der Waals surface area contributed by atoms with Gasteiger partial charge in [-0.3, -0.25) is 0 Å². The monoisotopic (exact) mass is 410 g/mol. The first-order chi connectivity index (χ1) is 14.1. The first-order valence-corrected chi connectivity index (χ1v) is 11.7. The van der Waals surface area contributed by atoms with Crippen LogP contribution in [0.2, 0.25) is 0 Å². The van der Waals surface area contributed by atoms with Gasteiger partial charge in [0.1, 0.15) is 17.2 Å². The first-order valence-electron chi connectivity index (χ1n) is 11.7. The van der Waals surface area contributed by atoms with Crippen molar-refractivity contribution in [2.45, 2.75) is 110 Å². The van der Waals surface area contributed by atoms with E-state index in [0.717, 1.165) is 25.3 Å². The van der Waals surface area contributed by atoms with Crippen molar-refractivity contribution >= 4 is 5.97 Å². The fourth-order valence-corrected chi connectivity index (χ4v) is 3.55. The van der Waals surface area contributed by atoms with Crippen LogP contribution in [0.1, 0.15) is 119 Å². The van der Waals surface area contributed by atoms with Crippen molar-refractivity contribution in [2.75, 3.05) is 6.61 Å². The number of halogens is 2. The van der Waals surface area contributed by atoms with Crippen molar-refractivity contribution in [2.24, 2.45) is 0 Å². The molecule has 0 saturated heterocycles. The Morgan fingerprint density at radius 1 is 0.759 bits per heavy atom. The summed E-state index contributed by atoms with van der Waals surface area (Å²) in [5.74, 6) is -2.60. The number of carbonyl (C=O) groups excluding carboxylic acids is 1. The zero-order chi connectivity index (χ0) is 21.3. The molecule has 0 unspecified atom stereocenters. The minimum absolute atomic E-state index is 0.212. The molecule has 0 radical (unpaired) electrons. The van der Waals surface area contributed by atoms with Gasteiger partial charge in [-0.15, -0.1) is 0 Å². The normalized spacial score (nSPS) is 11.0. The zero-order valence-electron chi connectivity index (χ0n) is 18.5. The van der Waals surface area contributed by atoms with Gasteiger partial charge in [0.2, 0.25) is 0 Å². The Morgan fingerprint density at radius 3 is 1.69 bits per heavy atom. The van der Waals surface area contributed by atoms with Crippen LogP contribution in [-0.4, -0.2) is 12.6 Å². The maximum atomic E-state index is 13.9. The summed E-state index contributed by atoms with van der Waals surface area (Å²) in [5, 5.41) is 0. The predicted octanol–water partition coefficient (Wildman–Crippen LogP) is 8.30. The second kappa shape index (κ2) is 16.4. The lowest BCUT2D eigenvalue weighted by Crippen LogP contribution is -2.12. The fourth-order valence-electron chi connectivity index (χ4n) is 3.55. The molecule has 0 saturated carbocycles. The Morgan fingerprint density at radius 2 is 1.21 bits per heavy atom. The van der Waals surface area contributed by atoms with Crippen LogP contribution >= 0.6 is 0 Å². The van der Waals surface area contributed by atoms with E-state index in [0.29, 0.717) is 0 Å². The Bertz CT molecular complexity index is 572. The van der Waals surface area contributed by atoms with Crippen molar-refractivity contribution in [1.29, 1.82) is 0 Å². The molecule has 0 atom stereocenters. The van der Waals surface area contributed by atoms with Crippen molar-refractivity contribution in [3.05, 3.63) is 34.9 Å². The average molecular weight is 411 g/mol. The third-order valence-electron chi connectivity index (χ3n) is 5.47. The molecule has 1 rings (SSSR count). The number of hydrogen-bond acceptors (Lipinski definition) is 2. The van der Waals surface area contributed by atoms with Crippen LogP contribution in [0, 0.1) is 18.6 Å². The molecule has 0 bridgehead atoms. The van der Waals surface area contributed by atoms with Gasteiger partial charge in [-0.25, -0.2) is 13.6 Å². The Kier molecular flexibility index (Phi) is 14.4. The predicted molar refractivity (Wildman–Crippen MR) is 116 cm³/mol. The van der Waals surface area contributed by atoms with E-state index in [1.807, 2.05) is 0 Å². The van der Waals surface area contributed by atoms with Gasteiger partial charge in [0.25, 0.3) is 0 Å². The number of rotatable bonds is 17. The molecule has 1 aromatic carbocycles. The minimum Gasteiger partial charge on any atom is -0.462 e. The van der Waals surface area contributed by atoms with Crippen molar-refractivity contribution in [1.82, 2.24) is 0 Å². The number of carbonyl (C=O) groups is 1. The maximum absolute atomic E-state index is 13.9. The summed E-state index contributed by atoms with van der Waals surface area (Å²) < 4.78 is 32.6. The lowest BCUT2D eigenvalue weighted by atomic mass is 10.0. The van der Waals surface area contributed by atoms with Gasteiger partial charge in [0, 0.05) is 0 Å². The molecular weight excluding hydrogens is 370 g/mol. The number of ether oxygens (including phenoxy) is 1. The van der Waals surface area contributed by atoms with E-state index in [1.54, 1.807) is 0 Å². The van der Waals surface area contributed by atoms with Crippen molar-refractivity contribution in [3.8, 4) is 0 Å². The average Bonchev–Trinajstić information content (AvgIpc) is 2.70. The quantitative estimate of drug-likeness (QED) is 0.191. The highest BCUT2D eigenvalue weighted by Gasteiger charge is 2.20. The third-order valence-corrected chi connectivity index (χ3v) is 5.47. The molecule has 1 aromatic rings. The summed E-state index contributed by atoms with van der Waals surface area (Å²) in [5.41, 5.74) is -0.337. The summed E-state index contributed by atoms with van der Waals surface area (Å²) in [6.45, 7) is 3.97. The van der Waals surface area contributed by atoms with Crippen LogP contribution in [0.4, 0.5) is 8.78 Å². The van der Waals surface area contributed by atoms with Gasteiger partial charge < -0.3 is 4.74 Å². The first kappa shape index (κ1) is 25.6. The number of hydrogen-bond donors (Lipinski definition) is 0. The molecule has 0 aliphatic heterocycles. The molecule has 0 aliphatic rings. The van der Waals surface area contributed by atoms with E-state index in [4.69, 9.17) is 4.74 Å². The summed E-state index contributed by atoms with van der Waals surface area (Å²) in [6, 6.07) is 2.42. The lowest BCUT2D eigenvalue weighted by Gasteiger charge is -2.08. The van der Waals surface area contributed by atoms with Crippen LogP contribution in [0.15, 0.2) is 12.1 Å². The summed E-state index contributed by atoms with van der Waals surface area (Å²) in [7, 11) is 0. The molecule has 0 aliphatic carbocycles. The molecule has 0 aromatic heterocycles. The number of aryl methyl sites for hydroxylation is 1. The van der Waals surface area contributed by atoms with Crippen LogP contribution in [-0.2, 0) is 4.74 Å². The smallest absolute Gasteiger partial charge is 0.344 e. The number of benzene rings is 1. The Labute approximate surface area is 176 Å². The molecule has 0 heterocycles. The minimum atomic E-state index is -0.908. The van der Waals surface area contributed by atoms with Crippen LogP contribution in [0.5, 0.6) is 0 Å². The highest BCUT2D eigenvalue weighted by Crippen LogP contribution is 2.18. The van der Waals surface area contributed by atoms with E-state index in [2.05, 4.69) is 6.92 Å². The third kappa shape index (κ3) is 11.3. The van der Waals surface area contributed by atoms with E-state index >= 15 is 0 Å². The van der Waals surface area contributed by atoms with Gasteiger partial charge in [-0.2, -0.15) is 0 Å². The molecule has 29 heavy (non-hydrogen) atoms. The topological polar surface area (TPSA) is 26.3 Å². The van der Waals surface area contributed by atoms with E-state index in [9.17, 15) is 13.6 Å². The Balaban J connectivity index is 1.93. The van der Waals surface area contributed by atoms with Crippen LogP contribution in [0.25, 0.3) is 0 Å². The Hall–Kier alpha value is -1.45. The van der Waals surface area contributed by atoms with Gasteiger partial charge in [0.15, 0.2) is 0 Å². The second-order valence-corrected chi connectivity index (χ2v) is 8.14. The van der Waals surface area contributed by atoms with Gasteiger partial charge in [-0.05, 0) is 25.0 Å². The molecule has 166 valence electrons. The van der Waals surface area contributed by atoms with E-state index in [1.165, 1.54) is 90.0 Å².